The minimum Gasteiger partial charge on any atom is -0.492 e. The van der Waals surface area contributed by atoms with Gasteiger partial charge in [0, 0.05) is 12.1 Å². The largest absolute Gasteiger partial charge is 0.492 e. The first-order chi connectivity index (χ1) is 13.0. The lowest BCUT2D eigenvalue weighted by Crippen LogP contribution is -2.28. The van der Waals surface area contributed by atoms with Crippen LogP contribution in [-0.2, 0) is 6.54 Å². The van der Waals surface area contributed by atoms with E-state index in [1.807, 2.05) is 6.92 Å². The number of amides is 1. The van der Waals surface area contributed by atoms with Crippen molar-refractivity contribution in [1.82, 2.24) is 14.9 Å². The van der Waals surface area contributed by atoms with Crippen molar-refractivity contribution in [2.45, 2.75) is 13.5 Å². The molecule has 1 heterocycles. The molecule has 0 fully saturated rings. The van der Waals surface area contributed by atoms with Gasteiger partial charge in [-0.1, -0.05) is 0 Å². The van der Waals surface area contributed by atoms with Crippen molar-refractivity contribution < 1.29 is 13.9 Å². The molecule has 0 saturated carbocycles. The van der Waals surface area contributed by atoms with Gasteiger partial charge in [0.05, 0.1) is 17.4 Å². The number of benzene rings is 2. The highest BCUT2D eigenvalue weighted by Gasteiger charge is 2.09. The van der Waals surface area contributed by atoms with Crippen LogP contribution in [-0.4, -0.2) is 28.6 Å². The molecule has 8 heteroatoms. The minimum absolute atomic E-state index is 0.184. The number of carbonyl (C=O) groups excluding carboxylic acids is 1. The Labute approximate surface area is 159 Å². The lowest BCUT2D eigenvalue weighted by atomic mass is 10.1. The molecule has 0 aliphatic heterocycles. The van der Waals surface area contributed by atoms with Gasteiger partial charge in [-0.3, -0.25) is 14.2 Å². The number of H-pyrrole nitrogens is 1. The molecule has 2 N–H and O–H groups in total. The summed E-state index contributed by atoms with van der Waals surface area (Å²) in [6.07, 6.45) is 0. The number of nitrogens with zero attached hydrogens (tertiary/aromatic N) is 1. The number of aromatic nitrogens is 2. The third-order valence-electron chi connectivity index (χ3n) is 4.03. The van der Waals surface area contributed by atoms with E-state index in [1.165, 1.54) is 28.8 Å². The molecule has 1 amide bonds. The fraction of sp³-hybridized carbons (Fsp3) is 0.211. The summed E-state index contributed by atoms with van der Waals surface area (Å²) in [5.41, 5.74) is 0.740. The average molecular weight is 387 g/mol. The first-order valence-corrected chi connectivity index (χ1v) is 8.84. The Morgan fingerprint density at radius 1 is 1.26 bits per heavy atom. The van der Waals surface area contributed by atoms with Crippen molar-refractivity contribution in [3.05, 3.63) is 69.0 Å². The summed E-state index contributed by atoms with van der Waals surface area (Å²) in [5, 5.41) is 3.21. The van der Waals surface area contributed by atoms with Crippen molar-refractivity contribution in [3.8, 4) is 5.75 Å². The molecule has 0 unspecified atom stereocenters. The first kappa shape index (κ1) is 18.8. The monoisotopic (exact) mass is 387 g/mol. The summed E-state index contributed by atoms with van der Waals surface area (Å²) in [6.45, 7) is 2.84. The van der Waals surface area contributed by atoms with Crippen LogP contribution in [0.3, 0.4) is 0 Å². The third kappa shape index (κ3) is 4.22. The van der Waals surface area contributed by atoms with Crippen LogP contribution in [0.1, 0.15) is 17.3 Å². The number of aromatic amines is 1. The standard InChI is InChI=1S/C19H18FN3O3S/c1-2-23-18(25)15-8-3-12(11-16(15)22-19(23)27)17(24)21-9-10-26-14-6-4-13(20)5-7-14/h3-8,11H,2,9-10H2,1H3,(H,21,24)(H,22,27). The zero-order valence-corrected chi connectivity index (χ0v) is 15.4. The van der Waals surface area contributed by atoms with Crippen molar-refractivity contribution in [2.75, 3.05) is 13.2 Å². The lowest BCUT2D eigenvalue weighted by Gasteiger charge is -2.09. The number of rotatable bonds is 6. The lowest BCUT2D eigenvalue weighted by molar-refractivity contribution is 0.0947. The number of nitrogens with one attached hydrogen (secondary N) is 2. The van der Waals surface area contributed by atoms with Crippen LogP contribution >= 0.6 is 12.2 Å². The van der Waals surface area contributed by atoms with E-state index in [0.29, 0.717) is 33.5 Å². The Morgan fingerprint density at radius 3 is 2.70 bits per heavy atom. The summed E-state index contributed by atoms with van der Waals surface area (Å²) in [4.78, 5) is 27.6. The second-order valence-electron chi connectivity index (χ2n) is 5.80. The molecule has 3 aromatic rings. The maximum absolute atomic E-state index is 12.8. The SMILES string of the molecule is CCn1c(=S)[nH]c2cc(C(=O)NCCOc3ccc(F)cc3)ccc2c1=O. The van der Waals surface area contributed by atoms with Crippen LogP contribution in [0.4, 0.5) is 4.39 Å². The zero-order chi connectivity index (χ0) is 19.4. The second kappa shape index (κ2) is 8.13. The van der Waals surface area contributed by atoms with E-state index >= 15 is 0 Å². The van der Waals surface area contributed by atoms with E-state index < -0.39 is 0 Å². The molecule has 140 valence electrons. The Balaban J connectivity index is 1.66. The molecule has 27 heavy (non-hydrogen) atoms. The van der Waals surface area contributed by atoms with Crippen molar-refractivity contribution in [1.29, 1.82) is 0 Å². The Kier molecular flexibility index (Phi) is 5.66. The van der Waals surface area contributed by atoms with Crippen molar-refractivity contribution in [3.63, 3.8) is 0 Å². The summed E-state index contributed by atoms with van der Waals surface area (Å²) in [6, 6.07) is 10.5. The topological polar surface area (TPSA) is 76.1 Å². The molecule has 0 aliphatic carbocycles. The fourth-order valence-electron chi connectivity index (χ4n) is 2.65. The molecule has 0 saturated heterocycles. The number of fused-ring (bicyclic) bond motifs is 1. The maximum atomic E-state index is 12.8. The molecule has 0 spiro atoms. The maximum Gasteiger partial charge on any atom is 0.262 e. The normalized spacial score (nSPS) is 10.7. The van der Waals surface area contributed by atoms with Crippen LogP contribution < -0.4 is 15.6 Å². The smallest absolute Gasteiger partial charge is 0.262 e. The Hall–Kier alpha value is -3.00. The predicted octanol–water partition coefficient (Wildman–Crippen LogP) is 3.03. The molecule has 3 rings (SSSR count). The number of halogens is 1. The highest BCUT2D eigenvalue weighted by molar-refractivity contribution is 7.71. The average Bonchev–Trinajstić information content (AvgIpc) is 2.66. The quantitative estimate of drug-likeness (QED) is 0.504. The van der Waals surface area contributed by atoms with Gasteiger partial charge in [-0.2, -0.15) is 0 Å². The number of ether oxygens (including phenoxy) is 1. The molecule has 0 aliphatic rings. The van der Waals surface area contributed by atoms with Crippen molar-refractivity contribution >= 4 is 29.0 Å². The Morgan fingerprint density at radius 2 is 2.00 bits per heavy atom. The molecule has 1 aromatic heterocycles. The van der Waals surface area contributed by atoms with E-state index in [4.69, 9.17) is 17.0 Å². The van der Waals surface area contributed by atoms with Gasteiger partial charge in [0.1, 0.15) is 18.2 Å². The molecule has 0 radical (unpaired) electrons. The van der Waals surface area contributed by atoms with Gasteiger partial charge in [-0.05, 0) is 61.6 Å². The van der Waals surface area contributed by atoms with E-state index in [1.54, 1.807) is 18.2 Å². The van der Waals surface area contributed by atoms with Crippen LogP contribution in [0.5, 0.6) is 5.75 Å². The summed E-state index contributed by atoms with van der Waals surface area (Å²) >= 11 is 5.18. The molecule has 2 aromatic carbocycles. The third-order valence-corrected chi connectivity index (χ3v) is 4.35. The van der Waals surface area contributed by atoms with E-state index in [9.17, 15) is 14.0 Å². The van der Waals surface area contributed by atoms with Gasteiger partial charge < -0.3 is 15.0 Å². The number of hydrogen-bond donors (Lipinski definition) is 2. The first-order valence-electron chi connectivity index (χ1n) is 8.43. The molecule has 0 bridgehead atoms. The van der Waals surface area contributed by atoms with Gasteiger partial charge in [-0.15, -0.1) is 0 Å². The highest BCUT2D eigenvalue weighted by Crippen LogP contribution is 2.12. The van der Waals surface area contributed by atoms with Crippen LogP contribution in [0.2, 0.25) is 0 Å². The molecular weight excluding hydrogens is 369 g/mol. The number of hydrogen-bond acceptors (Lipinski definition) is 4. The summed E-state index contributed by atoms with van der Waals surface area (Å²) in [5.74, 6) is -0.105. The Bertz CT molecular complexity index is 1090. The molecule has 6 nitrogen and oxygen atoms in total. The van der Waals surface area contributed by atoms with Crippen LogP contribution in [0, 0.1) is 10.6 Å². The zero-order valence-electron chi connectivity index (χ0n) is 14.6. The van der Waals surface area contributed by atoms with Crippen LogP contribution in [0.15, 0.2) is 47.3 Å². The van der Waals surface area contributed by atoms with Gasteiger partial charge >= 0.3 is 0 Å². The fourth-order valence-corrected chi connectivity index (χ4v) is 2.97. The van der Waals surface area contributed by atoms with Gasteiger partial charge in [0.2, 0.25) is 0 Å². The van der Waals surface area contributed by atoms with E-state index in [-0.39, 0.29) is 30.4 Å². The van der Waals surface area contributed by atoms with E-state index in [2.05, 4.69) is 10.3 Å². The predicted molar refractivity (Wildman–Crippen MR) is 103 cm³/mol. The second-order valence-corrected chi connectivity index (χ2v) is 6.18. The molecule has 0 atom stereocenters. The van der Waals surface area contributed by atoms with E-state index in [0.717, 1.165) is 0 Å². The van der Waals surface area contributed by atoms with Gasteiger partial charge in [0.25, 0.3) is 11.5 Å². The summed E-state index contributed by atoms with van der Waals surface area (Å²) in [7, 11) is 0. The molecular formula is C19H18FN3O3S. The van der Waals surface area contributed by atoms with Gasteiger partial charge in [-0.25, -0.2) is 4.39 Å². The van der Waals surface area contributed by atoms with Crippen molar-refractivity contribution in [2.24, 2.45) is 0 Å². The van der Waals surface area contributed by atoms with Crippen LogP contribution in [0.25, 0.3) is 10.9 Å². The highest BCUT2D eigenvalue weighted by atomic mass is 32.1. The summed E-state index contributed by atoms with van der Waals surface area (Å²) < 4.78 is 20.0. The number of carbonyl (C=O) groups is 1. The van der Waals surface area contributed by atoms with Gasteiger partial charge in [0.15, 0.2) is 4.77 Å². The minimum atomic E-state index is -0.336.